The monoisotopic (exact) mass is 235 g/mol. The van der Waals surface area contributed by atoms with Gasteiger partial charge in [0.05, 0.1) is 18.6 Å². The summed E-state index contributed by atoms with van der Waals surface area (Å²) in [6.45, 7) is 4.08. The molecule has 0 fully saturated rings. The summed E-state index contributed by atoms with van der Waals surface area (Å²) in [7, 11) is 0. The lowest BCUT2D eigenvalue weighted by molar-refractivity contribution is -0.130. The van der Waals surface area contributed by atoms with Crippen molar-refractivity contribution in [1.29, 1.82) is 0 Å². The quantitative estimate of drug-likeness (QED) is 0.431. The highest BCUT2D eigenvalue weighted by Crippen LogP contribution is 2.30. The maximum absolute atomic E-state index is 11.4. The molecule has 0 aliphatic rings. The molecule has 0 aromatic heterocycles. The van der Waals surface area contributed by atoms with Gasteiger partial charge >= 0.3 is 5.97 Å². The molecule has 4 nitrogen and oxygen atoms in total. The Morgan fingerprint density at radius 2 is 2.12 bits per heavy atom. The highest BCUT2D eigenvalue weighted by Gasteiger charge is 2.14. The van der Waals surface area contributed by atoms with Crippen LogP contribution in [0.5, 0.6) is 11.5 Å². The molecule has 17 heavy (non-hydrogen) atoms. The van der Waals surface area contributed by atoms with Gasteiger partial charge in [0.1, 0.15) is 0 Å². The smallest absolute Gasteiger partial charge is 0.315 e. The number of rotatable bonds is 6. The van der Waals surface area contributed by atoms with E-state index in [9.17, 15) is 9.59 Å². The van der Waals surface area contributed by atoms with E-state index in [2.05, 4.69) is 0 Å². The summed E-state index contributed by atoms with van der Waals surface area (Å²) in [5.41, 5.74) is 0.300. The van der Waals surface area contributed by atoms with Crippen molar-refractivity contribution in [1.82, 2.24) is 0 Å². The summed E-state index contributed by atoms with van der Waals surface area (Å²) in [6.07, 6.45) is 2.61. The van der Waals surface area contributed by atoms with Gasteiger partial charge in [0, 0.05) is 0 Å². The average Bonchev–Trinajstić information content (AvgIpc) is 2.32. The maximum Gasteiger partial charge on any atom is 0.315 e. The van der Waals surface area contributed by atoms with Crippen LogP contribution in [0.4, 0.5) is 0 Å². The SMILES string of the molecule is CC[CH]C(=O)Oc1c(C=O)cccc1OCC. The Kier molecular flexibility index (Phi) is 5.20. The van der Waals surface area contributed by atoms with E-state index in [1.165, 1.54) is 6.42 Å². The lowest BCUT2D eigenvalue weighted by Crippen LogP contribution is -2.10. The first-order valence-corrected chi connectivity index (χ1v) is 5.48. The molecule has 0 saturated heterocycles. The summed E-state index contributed by atoms with van der Waals surface area (Å²) >= 11 is 0. The second kappa shape index (κ2) is 6.68. The average molecular weight is 235 g/mol. The standard InChI is InChI=1S/C13H15O4/c1-3-6-12(15)17-13-10(9-14)7-5-8-11(13)16-4-2/h5-9H,3-4H2,1-2H3. The van der Waals surface area contributed by atoms with Gasteiger partial charge in [-0.15, -0.1) is 0 Å². The number of carbonyl (C=O) groups is 2. The van der Waals surface area contributed by atoms with Gasteiger partial charge in [-0.05, 0) is 25.5 Å². The Morgan fingerprint density at radius 1 is 1.35 bits per heavy atom. The van der Waals surface area contributed by atoms with Crippen molar-refractivity contribution in [2.24, 2.45) is 0 Å². The van der Waals surface area contributed by atoms with Crippen LogP contribution in [0.3, 0.4) is 0 Å². The minimum absolute atomic E-state index is 0.180. The molecule has 0 unspecified atom stereocenters. The van der Waals surface area contributed by atoms with Crippen molar-refractivity contribution in [2.75, 3.05) is 6.61 Å². The zero-order chi connectivity index (χ0) is 12.7. The lowest BCUT2D eigenvalue weighted by Gasteiger charge is -2.11. The Morgan fingerprint density at radius 3 is 2.71 bits per heavy atom. The molecular formula is C13H15O4. The van der Waals surface area contributed by atoms with Crippen LogP contribution in [-0.4, -0.2) is 18.9 Å². The Balaban J connectivity index is 2.99. The Bertz CT molecular complexity index is 398. The molecule has 91 valence electrons. The van der Waals surface area contributed by atoms with Gasteiger partial charge in [0.25, 0.3) is 0 Å². The summed E-state index contributed by atoms with van der Waals surface area (Å²) in [5, 5.41) is 0. The van der Waals surface area contributed by atoms with Crippen molar-refractivity contribution >= 4 is 12.3 Å². The maximum atomic E-state index is 11.4. The van der Waals surface area contributed by atoms with E-state index in [-0.39, 0.29) is 5.75 Å². The molecule has 1 radical (unpaired) electrons. The number of esters is 1. The van der Waals surface area contributed by atoms with Crippen LogP contribution in [0.25, 0.3) is 0 Å². The van der Waals surface area contributed by atoms with E-state index in [1.807, 2.05) is 13.8 Å². The highest BCUT2D eigenvalue weighted by molar-refractivity contribution is 5.87. The molecule has 0 spiro atoms. The molecule has 0 heterocycles. The van der Waals surface area contributed by atoms with Crippen molar-refractivity contribution in [2.45, 2.75) is 20.3 Å². The molecule has 4 heteroatoms. The van der Waals surface area contributed by atoms with Gasteiger partial charge < -0.3 is 9.47 Å². The number of aldehydes is 1. The van der Waals surface area contributed by atoms with E-state index in [4.69, 9.17) is 9.47 Å². The molecule has 0 bridgehead atoms. The molecule has 0 aliphatic heterocycles. The van der Waals surface area contributed by atoms with E-state index in [0.717, 1.165) is 0 Å². The third kappa shape index (κ3) is 3.59. The van der Waals surface area contributed by atoms with Gasteiger partial charge in [-0.1, -0.05) is 13.0 Å². The fourth-order valence-electron chi connectivity index (χ4n) is 1.31. The van der Waals surface area contributed by atoms with Crippen LogP contribution in [0.2, 0.25) is 0 Å². The molecule has 0 saturated carbocycles. The summed E-state index contributed by atoms with van der Waals surface area (Å²) in [5.74, 6) is 0.0942. The first-order valence-electron chi connectivity index (χ1n) is 5.48. The van der Waals surface area contributed by atoms with Gasteiger partial charge in [0.2, 0.25) is 0 Å². The van der Waals surface area contributed by atoms with Crippen molar-refractivity contribution in [3.63, 3.8) is 0 Å². The number of hydrogen-bond donors (Lipinski definition) is 0. The van der Waals surface area contributed by atoms with Gasteiger partial charge in [-0.2, -0.15) is 0 Å². The van der Waals surface area contributed by atoms with Gasteiger partial charge in [-0.3, -0.25) is 9.59 Å². The van der Waals surface area contributed by atoms with E-state index in [1.54, 1.807) is 18.2 Å². The second-order valence-corrected chi connectivity index (χ2v) is 3.26. The van der Waals surface area contributed by atoms with E-state index >= 15 is 0 Å². The van der Waals surface area contributed by atoms with Gasteiger partial charge in [0.15, 0.2) is 17.8 Å². The third-order valence-electron chi connectivity index (χ3n) is 2.01. The predicted molar refractivity (Wildman–Crippen MR) is 63.2 cm³/mol. The fraction of sp³-hybridized carbons (Fsp3) is 0.308. The van der Waals surface area contributed by atoms with Gasteiger partial charge in [-0.25, -0.2) is 0 Å². The fourth-order valence-corrected chi connectivity index (χ4v) is 1.31. The third-order valence-corrected chi connectivity index (χ3v) is 2.01. The first-order chi connectivity index (χ1) is 8.22. The number of hydrogen-bond acceptors (Lipinski definition) is 4. The zero-order valence-electron chi connectivity index (χ0n) is 9.93. The summed E-state index contributed by atoms with van der Waals surface area (Å²) in [6, 6.07) is 4.91. The Labute approximate surface area is 101 Å². The molecule has 0 atom stereocenters. The minimum Gasteiger partial charge on any atom is -0.490 e. The van der Waals surface area contributed by atoms with Crippen LogP contribution in [0, 0.1) is 6.42 Å². The second-order valence-electron chi connectivity index (χ2n) is 3.26. The lowest BCUT2D eigenvalue weighted by atomic mass is 10.2. The van der Waals surface area contributed by atoms with Crippen LogP contribution < -0.4 is 9.47 Å². The number of carbonyl (C=O) groups excluding carboxylic acids is 2. The summed E-state index contributed by atoms with van der Waals surface area (Å²) in [4.78, 5) is 22.3. The largest absolute Gasteiger partial charge is 0.490 e. The Hall–Kier alpha value is -1.84. The molecule has 1 aromatic rings. The zero-order valence-corrected chi connectivity index (χ0v) is 9.93. The van der Waals surface area contributed by atoms with Crippen LogP contribution >= 0.6 is 0 Å². The first kappa shape index (κ1) is 13.2. The number of benzene rings is 1. The van der Waals surface area contributed by atoms with Crippen molar-refractivity contribution < 1.29 is 19.1 Å². The van der Waals surface area contributed by atoms with Crippen molar-refractivity contribution in [3.8, 4) is 11.5 Å². The van der Waals surface area contributed by atoms with Crippen LogP contribution in [0.1, 0.15) is 30.6 Å². The minimum atomic E-state index is -0.484. The van der Waals surface area contributed by atoms with Crippen LogP contribution in [-0.2, 0) is 4.79 Å². The predicted octanol–water partition coefficient (Wildman–Crippen LogP) is 2.42. The molecule has 1 rings (SSSR count). The number of para-hydroxylation sites is 1. The van der Waals surface area contributed by atoms with Crippen LogP contribution in [0.15, 0.2) is 18.2 Å². The molecule has 0 N–H and O–H groups in total. The number of ether oxygens (including phenoxy) is 2. The molecule has 0 aliphatic carbocycles. The van der Waals surface area contributed by atoms with E-state index < -0.39 is 5.97 Å². The topological polar surface area (TPSA) is 52.6 Å². The summed E-state index contributed by atoms with van der Waals surface area (Å²) < 4.78 is 10.4. The molecule has 0 amide bonds. The van der Waals surface area contributed by atoms with Crippen molar-refractivity contribution in [3.05, 3.63) is 30.2 Å². The van der Waals surface area contributed by atoms with E-state index in [0.29, 0.717) is 30.6 Å². The molecule has 1 aromatic carbocycles. The highest BCUT2D eigenvalue weighted by atomic mass is 16.6. The normalized spacial score (nSPS) is 9.76. The molecular weight excluding hydrogens is 220 g/mol.